The van der Waals surface area contributed by atoms with Crippen molar-refractivity contribution >= 4 is 23.2 Å². The molecular weight excluding hydrogens is 288 g/mol. The van der Waals surface area contributed by atoms with Crippen molar-refractivity contribution in [3.8, 4) is 5.75 Å². The van der Waals surface area contributed by atoms with Crippen LogP contribution in [0.25, 0.3) is 0 Å². The Morgan fingerprint density at radius 2 is 1.86 bits per heavy atom. The first-order valence-electron chi connectivity index (χ1n) is 6.39. The number of hydrogen-bond acceptors (Lipinski definition) is 4. The minimum absolute atomic E-state index is 0.158. The monoisotopic (exact) mass is 304 g/mol. The number of ether oxygens (including phenoxy) is 1. The van der Waals surface area contributed by atoms with E-state index >= 15 is 0 Å². The van der Waals surface area contributed by atoms with Gasteiger partial charge in [-0.05, 0) is 42.5 Å². The average Bonchev–Trinajstić information content (AvgIpc) is 2.90. The lowest BCUT2D eigenvalue weighted by Gasteiger charge is -2.10. The molecule has 0 spiro atoms. The molecule has 0 fully saturated rings. The van der Waals surface area contributed by atoms with Gasteiger partial charge in [-0.2, -0.15) is 0 Å². The Morgan fingerprint density at radius 3 is 2.52 bits per heavy atom. The van der Waals surface area contributed by atoms with Crippen LogP contribution in [0.15, 0.2) is 35.7 Å². The molecule has 0 aliphatic heterocycles. The fraction of sp³-hybridized carbons (Fsp3) is 0.200. The maximum Gasteiger partial charge on any atom is 0.280 e. The number of aryl methyl sites for hydroxylation is 2. The highest BCUT2D eigenvalue weighted by Gasteiger charge is 2.11. The minimum Gasteiger partial charge on any atom is -0.483 e. The first-order chi connectivity index (χ1) is 10.1. The highest BCUT2D eigenvalue weighted by Crippen LogP contribution is 2.16. The van der Waals surface area contributed by atoms with Gasteiger partial charge in [-0.15, -0.1) is 11.3 Å². The van der Waals surface area contributed by atoms with Crippen LogP contribution in [0.4, 0.5) is 0 Å². The van der Waals surface area contributed by atoms with Crippen LogP contribution in [-0.2, 0) is 4.79 Å². The lowest BCUT2D eigenvalue weighted by molar-refractivity contribution is -0.123. The molecule has 2 amide bonds. The Balaban J connectivity index is 1.79. The molecule has 2 rings (SSSR count). The summed E-state index contributed by atoms with van der Waals surface area (Å²) in [4.78, 5) is 24.0. The van der Waals surface area contributed by atoms with Crippen LogP contribution in [0, 0.1) is 13.8 Å². The van der Waals surface area contributed by atoms with Gasteiger partial charge in [0.15, 0.2) is 6.61 Å². The van der Waals surface area contributed by atoms with Crippen molar-refractivity contribution in [3.63, 3.8) is 0 Å². The van der Waals surface area contributed by atoms with E-state index in [4.69, 9.17) is 4.74 Å². The fourth-order valence-electron chi connectivity index (χ4n) is 1.69. The predicted octanol–water partition coefficient (Wildman–Crippen LogP) is 2.20. The molecular formula is C15H16N2O3S. The van der Waals surface area contributed by atoms with Crippen LogP contribution < -0.4 is 15.6 Å². The van der Waals surface area contributed by atoms with Gasteiger partial charge >= 0.3 is 0 Å². The number of thiophene rings is 1. The molecule has 0 saturated heterocycles. The van der Waals surface area contributed by atoms with Gasteiger partial charge in [0.05, 0.1) is 4.88 Å². The van der Waals surface area contributed by atoms with Crippen molar-refractivity contribution in [1.29, 1.82) is 0 Å². The summed E-state index contributed by atoms with van der Waals surface area (Å²) in [5.74, 6) is -0.0966. The number of rotatable bonds is 4. The summed E-state index contributed by atoms with van der Waals surface area (Å²) >= 11 is 1.33. The molecule has 5 nitrogen and oxygen atoms in total. The van der Waals surface area contributed by atoms with E-state index in [-0.39, 0.29) is 12.5 Å². The largest absolute Gasteiger partial charge is 0.483 e. The Morgan fingerprint density at radius 1 is 1.10 bits per heavy atom. The summed E-state index contributed by atoms with van der Waals surface area (Å²) in [5, 5.41) is 1.83. The van der Waals surface area contributed by atoms with E-state index in [1.54, 1.807) is 6.07 Å². The zero-order chi connectivity index (χ0) is 15.2. The molecule has 1 heterocycles. The second-order valence-corrected chi connectivity index (χ2v) is 5.41. The third-order valence-corrected chi connectivity index (χ3v) is 3.85. The molecule has 21 heavy (non-hydrogen) atoms. The van der Waals surface area contributed by atoms with Crippen molar-refractivity contribution in [2.45, 2.75) is 13.8 Å². The number of carbonyl (C=O) groups is 2. The van der Waals surface area contributed by atoms with Gasteiger partial charge in [0.1, 0.15) is 5.75 Å². The van der Waals surface area contributed by atoms with Crippen LogP contribution in [0.1, 0.15) is 20.8 Å². The molecule has 6 heteroatoms. The molecule has 0 unspecified atom stereocenters. The fourth-order valence-corrected chi connectivity index (χ4v) is 2.51. The highest BCUT2D eigenvalue weighted by atomic mass is 32.1. The van der Waals surface area contributed by atoms with Crippen LogP contribution in [0.2, 0.25) is 0 Å². The number of hydrazine groups is 1. The van der Waals surface area contributed by atoms with Gasteiger partial charge in [-0.3, -0.25) is 20.4 Å². The van der Waals surface area contributed by atoms with Crippen LogP contribution in [0.5, 0.6) is 5.75 Å². The lowest BCUT2D eigenvalue weighted by Crippen LogP contribution is -2.43. The molecule has 2 aromatic rings. The van der Waals surface area contributed by atoms with Gasteiger partial charge in [0, 0.05) is 0 Å². The number of nitrogens with one attached hydrogen (secondary N) is 2. The van der Waals surface area contributed by atoms with Gasteiger partial charge < -0.3 is 4.74 Å². The van der Waals surface area contributed by atoms with Crippen molar-refractivity contribution in [1.82, 2.24) is 10.9 Å². The molecule has 0 aliphatic carbocycles. The second-order valence-electron chi connectivity index (χ2n) is 4.49. The number of para-hydroxylation sites is 1. The summed E-state index contributed by atoms with van der Waals surface area (Å²) in [6.45, 7) is 3.58. The van der Waals surface area contributed by atoms with Crippen LogP contribution >= 0.6 is 11.3 Å². The van der Waals surface area contributed by atoms with E-state index in [0.717, 1.165) is 11.1 Å². The third-order valence-electron chi connectivity index (χ3n) is 2.84. The summed E-state index contributed by atoms with van der Waals surface area (Å²) in [7, 11) is 0. The van der Waals surface area contributed by atoms with Crippen molar-refractivity contribution < 1.29 is 14.3 Å². The van der Waals surface area contributed by atoms with E-state index in [0.29, 0.717) is 10.6 Å². The Kier molecular flexibility index (Phi) is 4.94. The first-order valence-corrected chi connectivity index (χ1v) is 7.27. The van der Waals surface area contributed by atoms with Crippen molar-refractivity contribution in [3.05, 3.63) is 51.7 Å². The van der Waals surface area contributed by atoms with E-state index in [9.17, 15) is 9.59 Å². The van der Waals surface area contributed by atoms with Crippen LogP contribution in [-0.4, -0.2) is 18.4 Å². The standard InChI is InChI=1S/C15H16N2O3S/c1-10-5-3-4-6-12(10)20-9-13(18)16-17-15(19)14-11(2)7-8-21-14/h3-8H,9H2,1-2H3,(H,16,18)(H,17,19). The predicted molar refractivity (Wildman–Crippen MR) is 81.3 cm³/mol. The number of carbonyl (C=O) groups excluding carboxylic acids is 2. The maximum absolute atomic E-state index is 11.8. The maximum atomic E-state index is 11.8. The lowest BCUT2D eigenvalue weighted by atomic mass is 10.2. The summed E-state index contributed by atoms with van der Waals surface area (Å²) in [6.07, 6.45) is 0. The molecule has 0 bridgehead atoms. The number of amides is 2. The Hall–Kier alpha value is -2.34. The smallest absolute Gasteiger partial charge is 0.280 e. The molecule has 1 aromatic heterocycles. The molecule has 0 aliphatic rings. The first kappa shape index (κ1) is 15.1. The van der Waals surface area contributed by atoms with Crippen molar-refractivity contribution in [2.75, 3.05) is 6.61 Å². The summed E-state index contributed by atoms with van der Waals surface area (Å²) in [6, 6.07) is 9.26. The van der Waals surface area contributed by atoms with Gasteiger partial charge in [-0.25, -0.2) is 0 Å². The van der Waals surface area contributed by atoms with Crippen LogP contribution in [0.3, 0.4) is 0 Å². The molecule has 0 atom stereocenters. The molecule has 2 N–H and O–H groups in total. The molecule has 1 aromatic carbocycles. The van der Waals surface area contributed by atoms with E-state index < -0.39 is 5.91 Å². The van der Waals surface area contributed by atoms with Gasteiger partial charge in [0.2, 0.25) is 0 Å². The normalized spacial score (nSPS) is 10.0. The van der Waals surface area contributed by atoms with E-state index in [1.165, 1.54) is 11.3 Å². The van der Waals surface area contributed by atoms with E-state index in [2.05, 4.69) is 10.9 Å². The zero-order valence-corrected chi connectivity index (χ0v) is 12.6. The topological polar surface area (TPSA) is 67.4 Å². The van der Waals surface area contributed by atoms with Crippen molar-refractivity contribution in [2.24, 2.45) is 0 Å². The SMILES string of the molecule is Cc1ccccc1OCC(=O)NNC(=O)c1sccc1C. The minimum atomic E-state index is -0.416. The number of benzene rings is 1. The molecule has 0 saturated carbocycles. The van der Waals surface area contributed by atoms with Gasteiger partial charge in [-0.1, -0.05) is 18.2 Å². The summed E-state index contributed by atoms with van der Waals surface area (Å²) in [5.41, 5.74) is 6.52. The molecule has 110 valence electrons. The average molecular weight is 304 g/mol. The number of hydrogen-bond donors (Lipinski definition) is 2. The Labute approximate surface area is 126 Å². The quantitative estimate of drug-likeness (QED) is 0.851. The third kappa shape index (κ3) is 4.06. The molecule has 0 radical (unpaired) electrons. The van der Waals surface area contributed by atoms with Gasteiger partial charge in [0.25, 0.3) is 11.8 Å². The highest BCUT2D eigenvalue weighted by molar-refractivity contribution is 7.12. The Bertz CT molecular complexity index is 652. The summed E-state index contributed by atoms with van der Waals surface area (Å²) < 4.78 is 5.38. The second kappa shape index (κ2) is 6.90. The van der Waals surface area contributed by atoms with E-state index in [1.807, 2.05) is 43.5 Å². The zero-order valence-electron chi connectivity index (χ0n) is 11.8.